The van der Waals surface area contributed by atoms with Crippen LogP contribution in [0.15, 0.2) is 75.0 Å². The third-order valence-electron chi connectivity index (χ3n) is 8.44. The standard InChI is InChI=1S/C34H33FN6O5.C2H6/c1-19-5-12-26(25(35)15-19)37-31-29-30(20(2)32(43)38(31)3)41(23-9-8-22-13-14-39(18-28(36)42)27(22)16-23)34(45)40(33(29)44)17-21-6-10-24(46-4)11-7-21;1-2/h5-12,15-16,37H,13-14,17-18H2,1-4H3,(H2,36,42);1-2H3. The average molecular weight is 655 g/mol. The maximum absolute atomic E-state index is 15.1. The van der Waals surface area contributed by atoms with Gasteiger partial charge in [0.2, 0.25) is 5.91 Å². The lowest BCUT2D eigenvalue weighted by molar-refractivity contribution is -0.116. The SMILES string of the molecule is CC.COc1ccc(Cn2c(=O)c3c(Nc4ccc(C)cc4F)n(C)c(=O)c(C)c3n(-c3ccc4c(c3)N(CC(N)=O)CC4)c2=O)cc1. The van der Waals surface area contributed by atoms with Gasteiger partial charge >= 0.3 is 5.69 Å². The number of fused-ring (bicyclic) bond motifs is 2. The Morgan fingerprint density at radius 1 is 0.979 bits per heavy atom. The molecular weight excluding hydrogens is 615 g/mol. The first-order chi connectivity index (χ1) is 23.0. The minimum Gasteiger partial charge on any atom is -0.497 e. The van der Waals surface area contributed by atoms with Crippen molar-refractivity contribution in [3.05, 3.63) is 120 Å². The number of halogens is 1. The van der Waals surface area contributed by atoms with E-state index >= 15 is 4.39 Å². The predicted molar refractivity (Wildman–Crippen MR) is 187 cm³/mol. The van der Waals surface area contributed by atoms with Gasteiger partial charge in [-0.3, -0.25) is 28.1 Å². The van der Waals surface area contributed by atoms with Gasteiger partial charge in [-0.15, -0.1) is 0 Å². The van der Waals surface area contributed by atoms with E-state index in [1.165, 1.54) is 28.3 Å². The van der Waals surface area contributed by atoms with Crippen LogP contribution < -0.4 is 37.5 Å². The van der Waals surface area contributed by atoms with Gasteiger partial charge in [0.1, 0.15) is 22.8 Å². The number of amides is 1. The number of benzene rings is 3. The summed E-state index contributed by atoms with van der Waals surface area (Å²) in [5.74, 6) is -0.413. The molecule has 5 aromatic rings. The molecule has 0 radical (unpaired) electrons. The van der Waals surface area contributed by atoms with Gasteiger partial charge in [0, 0.05) is 24.8 Å². The van der Waals surface area contributed by atoms with Crippen molar-refractivity contribution >= 4 is 34.0 Å². The van der Waals surface area contributed by atoms with Crippen LogP contribution in [-0.4, -0.2) is 39.8 Å². The lowest BCUT2D eigenvalue weighted by Gasteiger charge is -2.22. The lowest BCUT2D eigenvalue weighted by Crippen LogP contribution is -2.42. The van der Waals surface area contributed by atoms with E-state index in [0.29, 0.717) is 35.5 Å². The number of carbonyl (C=O) groups excluding carboxylic acids is 1. The number of hydrogen-bond donors (Lipinski definition) is 2. The number of anilines is 3. The van der Waals surface area contributed by atoms with Crippen LogP contribution in [0.4, 0.5) is 21.6 Å². The molecule has 0 spiro atoms. The molecule has 0 unspecified atom stereocenters. The maximum Gasteiger partial charge on any atom is 0.336 e. The van der Waals surface area contributed by atoms with Crippen molar-refractivity contribution in [2.45, 2.75) is 40.7 Å². The second-order valence-electron chi connectivity index (χ2n) is 11.5. The fourth-order valence-electron chi connectivity index (χ4n) is 6.06. The molecule has 0 aliphatic carbocycles. The Bertz CT molecular complexity index is 2220. The maximum atomic E-state index is 15.1. The smallest absolute Gasteiger partial charge is 0.336 e. The van der Waals surface area contributed by atoms with E-state index in [-0.39, 0.29) is 41.1 Å². The van der Waals surface area contributed by atoms with Gasteiger partial charge in [0.15, 0.2) is 0 Å². The zero-order chi connectivity index (χ0) is 34.9. The number of nitrogens with two attached hydrogens (primary N) is 1. The normalized spacial score (nSPS) is 12.0. The summed E-state index contributed by atoms with van der Waals surface area (Å²) in [4.78, 5) is 56.1. The van der Waals surface area contributed by atoms with Gasteiger partial charge in [0.25, 0.3) is 11.1 Å². The molecule has 1 aliphatic heterocycles. The van der Waals surface area contributed by atoms with E-state index in [9.17, 15) is 19.2 Å². The summed E-state index contributed by atoms with van der Waals surface area (Å²) in [5.41, 5.74) is 7.46. The van der Waals surface area contributed by atoms with Gasteiger partial charge in [0.05, 0.1) is 37.1 Å². The molecule has 11 nitrogen and oxygen atoms in total. The third kappa shape index (κ3) is 6.08. The Kier molecular flexibility index (Phi) is 9.55. The van der Waals surface area contributed by atoms with Crippen molar-refractivity contribution in [1.82, 2.24) is 13.7 Å². The van der Waals surface area contributed by atoms with E-state index in [4.69, 9.17) is 10.5 Å². The Morgan fingerprint density at radius 3 is 2.33 bits per heavy atom. The number of aryl methyl sites for hydroxylation is 2. The highest BCUT2D eigenvalue weighted by Crippen LogP contribution is 2.32. The molecule has 3 aromatic carbocycles. The summed E-state index contributed by atoms with van der Waals surface area (Å²) < 4.78 is 24.1. The Morgan fingerprint density at radius 2 is 1.69 bits per heavy atom. The van der Waals surface area contributed by atoms with Crippen LogP contribution in [0.2, 0.25) is 0 Å². The molecule has 3 heterocycles. The largest absolute Gasteiger partial charge is 0.497 e. The molecule has 0 fully saturated rings. The number of nitrogens with one attached hydrogen (secondary N) is 1. The zero-order valence-corrected chi connectivity index (χ0v) is 27.9. The molecule has 12 heteroatoms. The third-order valence-corrected chi connectivity index (χ3v) is 8.44. The van der Waals surface area contributed by atoms with Crippen molar-refractivity contribution in [2.24, 2.45) is 12.8 Å². The summed E-state index contributed by atoms with van der Waals surface area (Å²) in [5, 5.41) is 3.01. The first-order valence-corrected chi connectivity index (χ1v) is 15.7. The highest BCUT2D eigenvalue weighted by atomic mass is 19.1. The number of pyridine rings is 1. The monoisotopic (exact) mass is 654 g/mol. The fraction of sp³-hybridized carbons (Fsp3) is 0.278. The molecule has 1 aliphatic rings. The molecule has 250 valence electrons. The fourth-order valence-corrected chi connectivity index (χ4v) is 6.06. The zero-order valence-electron chi connectivity index (χ0n) is 27.9. The van der Waals surface area contributed by atoms with Crippen LogP contribution in [0.1, 0.15) is 36.1 Å². The molecule has 1 amide bonds. The number of hydrogen-bond acceptors (Lipinski definition) is 7. The quantitative estimate of drug-likeness (QED) is 0.255. The molecule has 3 N–H and O–H groups in total. The Hall–Kier alpha value is -5.65. The molecule has 0 atom stereocenters. The summed E-state index contributed by atoms with van der Waals surface area (Å²) in [6, 6.07) is 16.9. The van der Waals surface area contributed by atoms with Gasteiger partial charge in [-0.1, -0.05) is 38.1 Å². The van der Waals surface area contributed by atoms with Crippen LogP contribution in [0, 0.1) is 19.7 Å². The number of rotatable bonds is 8. The minimum atomic E-state index is -0.670. The molecule has 6 rings (SSSR count). The summed E-state index contributed by atoms with van der Waals surface area (Å²) in [6.45, 7) is 7.79. The molecule has 0 saturated carbocycles. The number of primary amides is 1. The van der Waals surface area contributed by atoms with Gasteiger partial charge < -0.3 is 20.7 Å². The van der Waals surface area contributed by atoms with Crippen LogP contribution in [-0.2, 0) is 24.8 Å². The van der Waals surface area contributed by atoms with E-state index in [0.717, 1.165) is 15.8 Å². The van der Waals surface area contributed by atoms with Crippen molar-refractivity contribution in [3.63, 3.8) is 0 Å². The molecule has 2 aromatic heterocycles. The number of methoxy groups -OCH3 is 1. The average Bonchev–Trinajstić information content (AvgIpc) is 3.47. The number of aromatic nitrogens is 3. The van der Waals surface area contributed by atoms with E-state index in [1.54, 1.807) is 63.4 Å². The van der Waals surface area contributed by atoms with Crippen molar-refractivity contribution in [3.8, 4) is 11.4 Å². The Labute approximate surface area is 276 Å². The van der Waals surface area contributed by atoms with Crippen LogP contribution >= 0.6 is 0 Å². The second-order valence-corrected chi connectivity index (χ2v) is 11.5. The molecule has 0 saturated heterocycles. The number of nitrogens with zero attached hydrogens (tertiary/aromatic N) is 4. The van der Waals surface area contributed by atoms with Gasteiger partial charge in [-0.05, 0) is 73.4 Å². The van der Waals surface area contributed by atoms with Crippen molar-refractivity contribution in [2.75, 3.05) is 30.4 Å². The van der Waals surface area contributed by atoms with Crippen LogP contribution in [0.3, 0.4) is 0 Å². The molecule has 0 bridgehead atoms. The minimum absolute atomic E-state index is 0.00117. The first kappa shape index (κ1) is 33.7. The molecular formula is C36H39FN6O5. The van der Waals surface area contributed by atoms with Gasteiger partial charge in [-0.2, -0.15) is 0 Å². The number of carbonyl (C=O) groups is 1. The van der Waals surface area contributed by atoms with E-state index < -0.39 is 28.5 Å². The highest BCUT2D eigenvalue weighted by Gasteiger charge is 2.26. The van der Waals surface area contributed by atoms with E-state index in [2.05, 4.69) is 5.32 Å². The molecule has 48 heavy (non-hydrogen) atoms. The lowest BCUT2D eigenvalue weighted by atomic mass is 10.1. The Balaban J connectivity index is 0.00000221. The van der Waals surface area contributed by atoms with Gasteiger partial charge in [-0.25, -0.2) is 9.18 Å². The van der Waals surface area contributed by atoms with E-state index in [1.807, 2.05) is 24.8 Å². The topological polar surface area (TPSA) is 134 Å². The van der Waals surface area contributed by atoms with Crippen molar-refractivity contribution in [1.29, 1.82) is 0 Å². The second kappa shape index (κ2) is 13.6. The summed E-state index contributed by atoms with van der Waals surface area (Å²) in [6.07, 6.45) is 0.686. The van der Waals surface area contributed by atoms with Crippen LogP contribution in [0.5, 0.6) is 5.75 Å². The number of ether oxygens (including phenoxy) is 1. The first-order valence-electron chi connectivity index (χ1n) is 15.7. The summed E-state index contributed by atoms with van der Waals surface area (Å²) >= 11 is 0. The van der Waals surface area contributed by atoms with Crippen molar-refractivity contribution < 1.29 is 13.9 Å². The van der Waals surface area contributed by atoms with Crippen LogP contribution in [0.25, 0.3) is 16.6 Å². The summed E-state index contributed by atoms with van der Waals surface area (Å²) in [7, 11) is 3.03. The predicted octanol–water partition coefficient (Wildman–Crippen LogP) is 4.28. The highest BCUT2D eigenvalue weighted by molar-refractivity contribution is 5.94.